The summed E-state index contributed by atoms with van der Waals surface area (Å²) in [7, 11) is 0. The molecule has 1 amide bonds. The second-order valence-corrected chi connectivity index (χ2v) is 4.31. The molecule has 0 radical (unpaired) electrons. The third kappa shape index (κ3) is 1.97. The van der Waals surface area contributed by atoms with E-state index in [0.29, 0.717) is 12.2 Å². The van der Waals surface area contributed by atoms with E-state index in [0.717, 1.165) is 11.3 Å². The molecule has 0 bridgehead atoms. The van der Waals surface area contributed by atoms with Crippen LogP contribution in [0.1, 0.15) is 27.8 Å². The number of anilines is 1. The molecule has 3 rings (SSSR count). The van der Waals surface area contributed by atoms with Gasteiger partial charge in [-0.1, -0.05) is 18.2 Å². The van der Waals surface area contributed by atoms with Crippen LogP contribution in [0.2, 0.25) is 0 Å². The van der Waals surface area contributed by atoms with Crippen LogP contribution in [0, 0.1) is 0 Å². The van der Waals surface area contributed by atoms with Gasteiger partial charge in [0.2, 0.25) is 0 Å². The maximum absolute atomic E-state index is 11.1. The summed E-state index contributed by atoms with van der Waals surface area (Å²) in [5, 5.41) is 0. The fourth-order valence-electron chi connectivity index (χ4n) is 2.08. The molecule has 0 fully saturated rings. The van der Waals surface area contributed by atoms with Gasteiger partial charge in [-0.15, -0.1) is 0 Å². The molecule has 2 heterocycles. The summed E-state index contributed by atoms with van der Waals surface area (Å²) in [5.74, 6) is 0.726. The maximum atomic E-state index is 11.1. The van der Waals surface area contributed by atoms with Crippen LogP contribution in [0.15, 0.2) is 30.5 Å². The van der Waals surface area contributed by atoms with E-state index in [1.807, 2.05) is 24.3 Å². The minimum atomic E-state index is -0.639. The van der Waals surface area contributed by atoms with Gasteiger partial charge in [-0.2, -0.15) is 0 Å². The quantitative estimate of drug-likeness (QED) is 0.828. The lowest BCUT2D eigenvalue weighted by atomic mass is 10.1. The maximum Gasteiger partial charge on any atom is 0.254 e. The number of fused-ring (bicyclic) bond motifs is 1. The molecule has 2 aromatic rings. The minimum Gasteiger partial charge on any atom is -0.482 e. The Kier molecular flexibility index (Phi) is 2.56. The number of aromatic nitrogens is 2. The first-order valence-corrected chi connectivity index (χ1v) is 5.82. The summed E-state index contributed by atoms with van der Waals surface area (Å²) in [5.41, 5.74) is 12.1. The molecule has 1 unspecified atom stereocenters. The van der Waals surface area contributed by atoms with Gasteiger partial charge in [0.25, 0.3) is 5.91 Å². The summed E-state index contributed by atoms with van der Waals surface area (Å²) in [6.45, 7) is 0. The molecule has 96 valence electrons. The zero-order valence-electron chi connectivity index (χ0n) is 10.0. The Morgan fingerprint density at radius 2 is 2.16 bits per heavy atom. The summed E-state index contributed by atoms with van der Waals surface area (Å²) >= 11 is 0. The van der Waals surface area contributed by atoms with Gasteiger partial charge in [0.1, 0.15) is 11.6 Å². The van der Waals surface area contributed by atoms with Gasteiger partial charge in [0.05, 0.1) is 5.56 Å². The van der Waals surface area contributed by atoms with Crippen LogP contribution in [0.3, 0.4) is 0 Å². The molecule has 4 N–H and O–H groups in total. The Morgan fingerprint density at radius 3 is 2.84 bits per heavy atom. The number of nitrogen functional groups attached to an aromatic ring is 1. The van der Waals surface area contributed by atoms with E-state index < -0.39 is 5.91 Å². The van der Waals surface area contributed by atoms with Gasteiger partial charge >= 0.3 is 0 Å². The second kappa shape index (κ2) is 4.24. The van der Waals surface area contributed by atoms with Crippen LogP contribution < -0.4 is 16.2 Å². The number of benzene rings is 1. The lowest BCUT2D eigenvalue weighted by molar-refractivity contribution is 0.1000. The van der Waals surface area contributed by atoms with E-state index in [1.54, 1.807) is 0 Å². The van der Waals surface area contributed by atoms with Crippen molar-refractivity contribution in [3.05, 3.63) is 47.4 Å². The van der Waals surface area contributed by atoms with E-state index in [4.69, 9.17) is 16.2 Å². The average Bonchev–Trinajstić information content (AvgIpc) is 2.81. The number of carbonyl (C=O) groups is 1. The molecular weight excluding hydrogens is 244 g/mol. The molecule has 1 aliphatic heterocycles. The standard InChI is InChI=1S/C13H12N4O2/c14-11-8(12(15)18)6-16-13(17-11)10-5-7-3-1-2-4-9(7)19-10/h1-4,6,10H,5H2,(H2,15,18)(H2,14,16,17). The molecule has 0 aliphatic carbocycles. The van der Waals surface area contributed by atoms with Gasteiger partial charge in [0.15, 0.2) is 11.9 Å². The highest BCUT2D eigenvalue weighted by atomic mass is 16.5. The molecule has 6 nitrogen and oxygen atoms in total. The molecular formula is C13H12N4O2. The molecule has 6 heteroatoms. The highest BCUT2D eigenvalue weighted by Gasteiger charge is 2.26. The van der Waals surface area contributed by atoms with E-state index in [2.05, 4.69) is 9.97 Å². The summed E-state index contributed by atoms with van der Waals surface area (Å²) in [6, 6.07) is 7.76. The number of amides is 1. The second-order valence-electron chi connectivity index (χ2n) is 4.31. The number of ether oxygens (including phenoxy) is 1. The van der Waals surface area contributed by atoms with Crippen molar-refractivity contribution in [3.63, 3.8) is 0 Å². The molecule has 1 aromatic carbocycles. The fraction of sp³-hybridized carbons (Fsp3) is 0.154. The van der Waals surface area contributed by atoms with Crippen molar-refractivity contribution < 1.29 is 9.53 Å². The van der Waals surface area contributed by atoms with Gasteiger partial charge in [-0.05, 0) is 11.6 Å². The molecule has 1 aliphatic rings. The lowest BCUT2D eigenvalue weighted by Gasteiger charge is -2.10. The van der Waals surface area contributed by atoms with Crippen molar-refractivity contribution >= 4 is 11.7 Å². The van der Waals surface area contributed by atoms with Crippen molar-refractivity contribution in [2.24, 2.45) is 5.73 Å². The predicted molar refractivity (Wildman–Crippen MR) is 68.5 cm³/mol. The van der Waals surface area contributed by atoms with E-state index in [-0.39, 0.29) is 17.5 Å². The average molecular weight is 256 g/mol. The number of primary amides is 1. The predicted octanol–water partition coefficient (Wildman–Crippen LogP) is 0.834. The van der Waals surface area contributed by atoms with Gasteiger partial charge in [-0.3, -0.25) is 4.79 Å². The number of hydrogen-bond acceptors (Lipinski definition) is 5. The van der Waals surface area contributed by atoms with Crippen LogP contribution in [-0.2, 0) is 6.42 Å². The van der Waals surface area contributed by atoms with Crippen LogP contribution in [0.25, 0.3) is 0 Å². The Hall–Kier alpha value is -2.63. The molecule has 0 saturated carbocycles. The number of nitrogens with zero attached hydrogens (tertiary/aromatic N) is 2. The Balaban J connectivity index is 1.90. The normalized spacial score (nSPS) is 16.7. The van der Waals surface area contributed by atoms with E-state index >= 15 is 0 Å². The number of hydrogen-bond donors (Lipinski definition) is 2. The largest absolute Gasteiger partial charge is 0.482 e. The lowest BCUT2D eigenvalue weighted by Crippen LogP contribution is -2.17. The number of carbonyl (C=O) groups excluding carboxylic acids is 1. The number of nitrogens with two attached hydrogens (primary N) is 2. The van der Waals surface area contributed by atoms with E-state index in [9.17, 15) is 4.79 Å². The van der Waals surface area contributed by atoms with Crippen molar-refractivity contribution in [2.75, 3.05) is 5.73 Å². The topological polar surface area (TPSA) is 104 Å². The van der Waals surface area contributed by atoms with E-state index in [1.165, 1.54) is 6.20 Å². The highest BCUT2D eigenvalue weighted by molar-refractivity contribution is 5.96. The van der Waals surface area contributed by atoms with Crippen LogP contribution in [0.5, 0.6) is 5.75 Å². The molecule has 1 aromatic heterocycles. The van der Waals surface area contributed by atoms with Gasteiger partial charge in [0, 0.05) is 12.6 Å². The molecule has 19 heavy (non-hydrogen) atoms. The zero-order chi connectivity index (χ0) is 13.4. The van der Waals surface area contributed by atoms with Crippen LogP contribution in [0.4, 0.5) is 5.82 Å². The Labute approximate surface area is 109 Å². The first-order chi connectivity index (χ1) is 9.15. The van der Waals surface area contributed by atoms with Gasteiger partial charge in [-0.25, -0.2) is 9.97 Å². The van der Waals surface area contributed by atoms with Crippen molar-refractivity contribution in [3.8, 4) is 5.75 Å². The summed E-state index contributed by atoms with van der Waals surface area (Å²) in [4.78, 5) is 19.3. The third-order valence-corrected chi connectivity index (χ3v) is 3.04. The number of para-hydroxylation sites is 1. The molecule has 1 atom stereocenters. The van der Waals surface area contributed by atoms with Crippen molar-refractivity contribution in [2.45, 2.75) is 12.5 Å². The summed E-state index contributed by atoms with van der Waals surface area (Å²) in [6.07, 6.45) is 1.75. The van der Waals surface area contributed by atoms with Crippen LogP contribution >= 0.6 is 0 Å². The summed E-state index contributed by atoms with van der Waals surface area (Å²) < 4.78 is 5.75. The van der Waals surface area contributed by atoms with Crippen molar-refractivity contribution in [1.82, 2.24) is 9.97 Å². The third-order valence-electron chi connectivity index (χ3n) is 3.04. The monoisotopic (exact) mass is 256 g/mol. The molecule has 0 spiro atoms. The first-order valence-electron chi connectivity index (χ1n) is 5.82. The first kappa shape index (κ1) is 11.5. The highest BCUT2D eigenvalue weighted by Crippen LogP contribution is 2.35. The molecule has 0 saturated heterocycles. The zero-order valence-corrected chi connectivity index (χ0v) is 10.0. The SMILES string of the molecule is NC(=O)c1cnc(C2Cc3ccccc3O2)nc1N. The Bertz CT molecular complexity index is 632. The van der Waals surface area contributed by atoms with Crippen molar-refractivity contribution in [1.29, 1.82) is 0 Å². The number of rotatable bonds is 2. The van der Waals surface area contributed by atoms with Gasteiger partial charge < -0.3 is 16.2 Å². The Morgan fingerprint density at radius 1 is 1.37 bits per heavy atom. The smallest absolute Gasteiger partial charge is 0.254 e. The van der Waals surface area contributed by atoms with Crippen LogP contribution in [-0.4, -0.2) is 15.9 Å². The minimum absolute atomic E-state index is 0.0806. The fourth-order valence-corrected chi connectivity index (χ4v) is 2.08.